The zero-order valence-electron chi connectivity index (χ0n) is 12.5. The summed E-state index contributed by atoms with van der Waals surface area (Å²) in [6, 6.07) is 0.285. The van der Waals surface area contributed by atoms with Crippen LogP contribution in [0.15, 0.2) is 0 Å². The fourth-order valence-corrected chi connectivity index (χ4v) is 3.38. The highest BCUT2D eigenvalue weighted by Crippen LogP contribution is 2.11. The molecule has 1 fully saturated rings. The molecule has 114 valence electrons. The van der Waals surface area contributed by atoms with E-state index in [4.69, 9.17) is 0 Å². The Kier molecular flexibility index (Phi) is 7.28. The topological polar surface area (TPSA) is 61.4 Å². The molecule has 2 unspecified atom stereocenters. The van der Waals surface area contributed by atoms with Gasteiger partial charge in [-0.25, -0.2) is 13.1 Å². The molecule has 6 heteroatoms. The molecule has 1 aliphatic rings. The molecule has 0 aromatic heterocycles. The van der Waals surface area contributed by atoms with Gasteiger partial charge in [0, 0.05) is 19.1 Å². The summed E-state index contributed by atoms with van der Waals surface area (Å²) in [7, 11) is -3.20. The third-order valence-electron chi connectivity index (χ3n) is 3.73. The van der Waals surface area contributed by atoms with Crippen molar-refractivity contribution in [2.75, 3.05) is 32.7 Å². The van der Waals surface area contributed by atoms with Gasteiger partial charge in [0.2, 0.25) is 10.0 Å². The first-order chi connectivity index (χ1) is 8.97. The minimum absolute atomic E-state index is 0.285. The van der Waals surface area contributed by atoms with Crippen LogP contribution in [0, 0.1) is 0 Å². The molecular formula is C13H29N3O2S. The van der Waals surface area contributed by atoms with Crippen LogP contribution in [0.1, 0.15) is 40.0 Å². The van der Waals surface area contributed by atoms with Crippen LogP contribution >= 0.6 is 0 Å². The predicted molar refractivity (Wildman–Crippen MR) is 79.8 cm³/mol. The first-order valence-corrected chi connectivity index (χ1v) is 8.95. The summed E-state index contributed by atoms with van der Waals surface area (Å²) >= 11 is 0. The Morgan fingerprint density at radius 2 is 1.79 bits per heavy atom. The minimum atomic E-state index is -3.20. The van der Waals surface area contributed by atoms with E-state index in [-0.39, 0.29) is 11.3 Å². The number of nitrogens with one attached hydrogen (secondary N) is 2. The minimum Gasteiger partial charge on any atom is -0.315 e. The molecule has 0 aromatic carbocycles. The van der Waals surface area contributed by atoms with Crippen LogP contribution in [0.5, 0.6) is 0 Å². The molecule has 0 aromatic rings. The highest BCUT2D eigenvalue weighted by atomic mass is 32.2. The quantitative estimate of drug-likeness (QED) is 0.616. The molecule has 0 bridgehead atoms. The van der Waals surface area contributed by atoms with E-state index in [0.717, 1.165) is 26.1 Å². The second-order valence-corrected chi connectivity index (χ2v) is 7.68. The SMILES string of the molecule is CCCNCC(C)S(=O)(=O)NCC(C)N1CCCC1. The number of sulfonamides is 1. The molecular weight excluding hydrogens is 262 g/mol. The van der Waals surface area contributed by atoms with Gasteiger partial charge in [-0.1, -0.05) is 6.92 Å². The first kappa shape index (κ1) is 16.9. The molecule has 0 aliphatic carbocycles. The van der Waals surface area contributed by atoms with Crippen LogP contribution < -0.4 is 10.0 Å². The van der Waals surface area contributed by atoms with Crippen molar-refractivity contribution in [3.63, 3.8) is 0 Å². The van der Waals surface area contributed by atoms with Gasteiger partial charge in [-0.2, -0.15) is 0 Å². The summed E-state index contributed by atoms with van der Waals surface area (Å²) in [6.07, 6.45) is 3.48. The molecule has 0 amide bonds. The molecule has 2 atom stereocenters. The molecule has 1 rings (SSSR count). The van der Waals surface area contributed by atoms with E-state index in [1.165, 1.54) is 12.8 Å². The molecule has 0 saturated carbocycles. The Morgan fingerprint density at radius 3 is 2.37 bits per heavy atom. The Hall–Kier alpha value is -0.170. The molecule has 5 nitrogen and oxygen atoms in total. The maximum Gasteiger partial charge on any atom is 0.215 e. The van der Waals surface area contributed by atoms with E-state index in [1.807, 2.05) is 0 Å². The van der Waals surface area contributed by atoms with Crippen LogP contribution in [0.3, 0.4) is 0 Å². The lowest BCUT2D eigenvalue weighted by atomic mass is 10.3. The summed E-state index contributed by atoms with van der Waals surface area (Å²) in [5.41, 5.74) is 0. The van der Waals surface area contributed by atoms with E-state index in [9.17, 15) is 8.42 Å². The highest BCUT2D eigenvalue weighted by molar-refractivity contribution is 7.90. The second kappa shape index (κ2) is 8.19. The fraction of sp³-hybridized carbons (Fsp3) is 1.00. The zero-order chi connectivity index (χ0) is 14.3. The Bertz CT molecular complexity index is 340. The van der Waals surface area contributed by atoms with Crippen LogP contribution in [-0.4, -0.2) is 57.3 Å². The van der Waals surface area contributed by atoms with Crippen molar-refractivity contribution in [2.45, 2.75) is 51.3 Å². The Labute approximate surface area is 118 Å². The van der Waals surface area contributed by atoms with Gasteiger partial charge in [0.1, 0.15) is 0 Å². The maximum absolute atomic E-state index is 12.1. The molecule has 1 heterocycles. The number of rotatable bonds is 9. The third kappa shape index (κ3) is 5.77. The van der Waals surface area contributed by atoms with Crippen molar-refractivity contribution in [1.82, 2.24) is 14.9 Å². The zero-order valence-corrected chi connectivity index (χ0v) is 13.3. The number of hydrogen-bond donors (Lipinski definition) is 2. The summed E-state index contributed by atoms with van der Waals surface area (Å²) in [5, 5.41) is 2.77. The van der Waals surface area contributed by atoms with Crippen LogP contribution in [0.4, 0.5) is 0 Å². The predicted octanol–water partition coefficient (Wildman–Crippen LogP) is 0.778. The molecule has 1 saturated heterocycles. The van der Waals surface area contributed by atoms with E-state index >= 15 is 0 Å². The van der Waals surface area contributed by atoms with Gasteiger partial charge >= 0.3 is 0 Å². The third-order valence-corrected chi connectivity index (χ3v) is 5.53. The number of hydrogen-bond acceptors (Lipinski definition) is 4. The van der Waals surface area contributed by atoms with E-state index < -0.39 is 10.0 Å². The van der Waals surface area contributed by atoms with E-state index in [1.54, 1.807) is 6.92 Å². The van der Waals surface area contributed by atoms with Crippen molar-refractivity contribution in [2.24, 2.45) is 0 Å². The highest BCUT2D eigenvalue weighted by Gasteiger charge is 2.23. The van der Waals surface area contributed by atoms with Crippen LogP contribution in [-0.2, 0) is 10.0 Å². The Balaban J connectivity index is 2.32. The van der Waals surface area contributed by atoms with Gasteiger partial charge in [0.05, 0.1) is 5.25 Å². The van der Waals surface area contributed by atoms with Gasteiger partial charge in [-0.05, 0) is 52.7 Å². The lowest BCUT2D eigenvalue weighted by Gasteiger charge is -2.24. The van der Waals surface area contributed by atoms with Crippen molar-refractivity contribution >= 4 is 10.0 Å². The molecule has 0 radical (unpaired) electrons. The first-order valence-electron chi connectivity index (χ1n) is 7.40. The monoisotopic (exact) mass is 291 g/mol. The second-order valence-electron chi connectivity index (χ2n) is 5.50. The van der Waals surface area contributed by atoms with Crippen molar-refractivity contribution in [3.05, 3.63) is 0 Å². The van der Waals surface area contributed by atoms with Gasteiger partial charge in [0.15, 0.2) is 0 Å². The number of nitrogens with zero attached hydrogens (tertiary/aromatic N) is 1. The summed E-state index contributed by atoms with van der Waals surface area (Å²) in [6.45, 7) is 10.0. The average molecular weight is 291 g/mol. The molecule has 1 aliphatic heterocycles. The van der Waals surface area contributed by atoms with Gasteiger partial charge < -0.3 is 5.32 Å². The van der Waals surface area contributed by atoms with E-state index in [0.29, 0.717) is 13.1 Å². The van der Waals surface area contributed by atoms with Crippen LogP contribution in [0.25, 0.3) is 0 Å². The smallest absolute Gasteiger partial charge is 0.215 e. The van der Waals surface area contributed by atoms with Gasteiger partial charge in [-0.15, -0.1) is 0 Å². The average Bonchev–Trinajstić information content (AvgIpc) is 2.90. The molecule has 19 heavy (non-hydrogen) atoms. The largest absolute Gasteiger partial charge is 0.315 e. The lowest BCUT2D eigenvalue weighted by Crippen LogP contribution is -2.45. The van der Waals surface area contributed by atoms with Crippen molar-refractivity contribution in [3.8, 4) is 0 Å². The van der Waals surface area contributed by atoms with Crippen molar-refractivity contribution < 1.29 is 8.42 Å². The summed E-state index contributed by atoms with van der Waals surface area (Å²) in [4.78, 5) is 2.35. The standard InChI is InChI=1S/C13H29N3O2S/c1-4-7-14-11-13(3)19(17,18)15-10-12(2)16-8-5-6-9-16/h12-15H,4-11H2,1-3H3. The van der Waals surface area contributed by atoms with Gasteiger partial charge in [-0.3, -0.25) is 4.90 Å². The molecule has 0 spiro atoms. The normalized spacial score (nSPS) is 20.6. The fourth-order valence-electron chi connectivity index (χ4n) is 2.28. The van der Waals surface area contributed by atoms with Crippen LogP contribution in [0.2, 0.25) is 0 Å². The maximum atomic E-state index is 12.1. The van der Waals surface area contributed by atoms with Gasteiger partial charge in [0.25, 0.3) is 0 Å². The number of likely N-dealkylation sites (tertiary alicyclic amines) is 1. The lowest BCUT2D eigenvalue weighted by molar-refractivity contribution is 0.259. The Morgan fingerprint density at radius 1 is 1.16 bits per heavy atom. The van der Waals surface area contributed by atoms with Crippen molar-refractivity contribution in [1.29, 1.82) is 0 Å². The summed E-state index contributed by atoms with van der Waals surface area (Å²) < 4.78 is 26.9. The molecule has 2 N–H and O–H groups in total. The van der Waals surface area contributed by atoms with E-state index in [2.05, 4.69) is 28.8 Å². The summed E-state index contributed by atoms with van der Waals surface area (Å²) in [5.74, 6) is 0.